The molecule has 158 valence electrons. The predicted octanol–water partition coefficient (Wildman–Crippen LogP) is 2.28. The third-order valence-corrected chi connectivity index (χ3v) is 6.21. The Labute approximate surface area is 172 Å². The Morgan fingerprint density at radius 3 is 2.83 bits per heavy atom. The molecule has 0 radical (unpaired) electrons. The fourth-order valence-corrected chi connectivity index (χ4v) is 4.41. The lowest BCUT2D eigenvalue weighted by Gasteiger charge is -2.33. The topological polar surface area (TPSA) is 108 Å². The molecule has 10 heteroatoms. The summed E-state index contributed by atoms with van der Waals surface area (Å²) in [5.41, 5.74) is 9.20. The monoisotopic (exact) mass is 415 g/mol. The SMILES string of the molecule is Cc1c(C#N)cnc(C(=O)NC2CCC3NNC(c4ccn(C(F)F)n4)C3C2)c1C. The summed E-state index contributed by atoms with van der Waals surface area (Å²) >= 11 is 0. The summed E-state index contributed by atoms with van der Waals surface area (Å²) in [6.07, 6.45) is 5.03. The number of nitrogens with zero attached hydrogens (tertiary/aromatic N) is 4. The van der Waals surface area contributed by atoms with Crippen molar-refractivity contribution in [2.24, 2.45) is 5.92 Å². The minimum absolute atomic E-state index is 0.0581. The van der Waals surface area contributed by atoms with Gasteiger partial charge in [-0.1, -0.05) is 0 Å². The van der Waals surface area contributed by atoms with Gasteiger partial charge in [0, 0.05) is 24.5 Å². The molecule has 2 aromatic heterocycles. The Hall–Kier alpha value is -2.90. The summed E-state index contributed by atoms with van der Waals surface area (Å²) in [6, 6.07) is 3.61. The molecule has 2 fully saturated rings. The molecule has 0 aromatic carbocycles. The third-order valence-electron chi connectivity index (χ3n) is 6.21. The maximum absolute atomic E-state index is 12.9. The van der Waals surface area contributed by atoms with Crippen molar-refractivity contribution < 1.29 is 13.6 Å². The smallest absolute Gasteiger partial charge is 0.333 e. The van der Waals surface area contributed by atoms with Gasteiger partial charge in [0.15, 0.2) is 0 Å². The second kappa shape index (κ2) is 8.08. The van der Waals surface area contributed by atoms with Gasteiger partial charge in [-0.2, -0.15) is 19.1 Å². The molecule has 4 unspecified atom stereocenters. The van der Waals surface area contributed by atoms with Gasteiger partial charge in [0.25, 0.3) is 5.91 Å². The molecule has 2 aliphatic rings. The molecule has 0 bridgehead atoms. The number of hydrogen-bond donors (Lipinski definition) is 3. The molecule has 1 saturated carbocycles. The number of rotatable bonds is 4. The summed E-state index contributed by atoms with van der Waals surface area (Å²) in [5, 5.41) is 16.2. The van der Waals surface area contributed by atoms with Crippen LogP contribution >= 0.6 is 0 Å². The van der Waals surface area contributed by atoms with Crippen LogP contribution < -0.4 is 16.2 Å². The molecule has 4 atom stereocenters. The fraction of sp³-hybridized carbons (Fsp3) is 0.500. The van der Waals surface area contributed by atoms with Crippen molar-refractivity contribution in [2.75, 3.05) is 0 Å². The van der Waals surface area contributed by atoms with Crippen LogP contribution in [0.3, 0.4) is 0 Å². The Bertz CT molecular complexity index is 1000. The third kappa shape index (κ3) is 3.66. The average molecular weight is 415 g/mol. The molecule has 4 rings (SSSR count). The van der Waals surface area contributed by atoms with Crippen LogP contribution in [-0.2, 0) is 0 Å². The summed E-state index contributed by atoms with van der Waals surface area (Å²) in [6.45, 7) is 0.917. The number of nitriles is 1. The Morgan fingerprint density at radius 1 is 1.33 bits per heavy atom. The first kappa shape index (κ1) is 20.4. The van der Waals surface area contributed by atoms with Crippen LogP contribution in [0.15, 0.2) is 18.5 Å². The lowest BCUT2D eigenvalue weighted by molar-refractivity contribution is 0.0557. The molecule has 30 heavy (non-hydrogen) atoms. The van der Waals surface area contributed by atoms with E-state index in [1.54, 1.807) is 19.9 Å². The van der Waals surface area contributed by atoms with Gasteiger partial charge < -0.3 is 5.32 Å². The molecule has 2 aromatic rings. The largest absolute Gasteiger partial charge is 0.348 e. The Morgan fingerprint density at radius 2 is 2.13 bits per heavy atom. The van der Waals surface area contributed by atoms with Crippen molar-refractivity contribution in [3.8, 4) is 6.07 Å². The van der Waals surface area contributed by atoms with E-state index >= 15 is 0 Å². The molecule has 8 nitrogen and oxygen atoms in total. The number of aromatic nitrogens is 3. The van der Waals surface area contributed by atoms with Crippen LogP contribution in [0.2, 0.25) is 0 Å². The molecule has 3 heterocycles. The molecule has 3 N–H and O–H groups in total. The zero-order chi connectivity index (χ0) is 21.4. The number of hydrazine groups is 1. The number of alkyl halides is 2. The standard InChI is InChI=1S/C20H23F2N7O/c1-10-11(2)17(24-9-12(10)8-23)19(30)25-13-3-4-15-14(7-13)18(27-26-15)16-5-6-29(28-16)20(21)22/h5-6,9,13-15,18,20,26-27H,3-4,7H2,1-2H3,(H,25,30). The van der Waals surface area contributed by atoms with E-state index in [-0.39, 0.29) is 30.0 Å². The number of halogens is 2. The van der Waals surface area contributed by atoms with Gasteiger partial charge >= 0.3 is 6.55 Å². The van der Waals surface area contributed by atoms with E-state index in [0.717, 1.165) is 18.4 Å². The van der Waals surface area contributed by atoms with E-state index in [1.165, 1.54) is 12.4 Å². The maximum atomic E-state index is 12.9. The zero-order valence-electron chi connectivity index (χ0n) is 16.7. The Balaban J connectivity index is 1.46. The van der Waals surface area contributed by atoms with Crippen LogP contribution in [0.5, 0.6) is 0 Å². The Kier molecular flexibility index (Phi) is 5.49. The van der Waals surface area contributed by atoms with Gasteiger partial charge in [0.2, 0.25) is 0 Å². The van der Waals surface area contributed by atoms with Crippen molar-refractivity contribution in [1.82, 2.24) is 30.9 Å². The van der Waals surface area contributed by atoms with Gasteiger partial charge in [-0.05, 0) is 56.2 Å². The molecular weight excluding hydrogens is 392 g/mol. The number of nitrogens with one attached hydrogen (secondary N) is 3. The predicted molar refractivity (Wildman–Crippen MR) is 103 cm³/mol. The number of carbonyl (C=O) groups excluding carboxylic acids is 1. The van der Waals surface area contributed by atoms with Gasteiger partial charge in [-0.15, -0.1) is 0 Å². The van der Waals surface area contributed by atoms with Gasteiger partial charge in [0.1, 0.15) is 11.8 Å². The lowest BCUT2D eigenvalue weighted by atomic mass is 9.78. The minimum Gasteiger partial charge on any atom is -0.348 e. The van der Waals surface area contributed by atoms with E-state index < -0.39 is 6.55 Å². The van der Waals surface area contributed by atoms with Crippen molar-refractivity contribution >= 4 is 5.91 Å². The first-order chi connectivity index (χ1) is 14.4. The second-order valence-electron chi connectivity index (χ2n) is 7.90. The van der Waals surface area contributed by atoms with E-state index in [2.05, 4.69) is 32.3 Å². The van der Waals surface area contributed by atoms with Crippen LogP contribution in [0, 0.1) is 31.1 Å². The van der Waals surface area contributed by atoms with E-state index in [0.29, 0.717) is 33.6 Å². The summed E-state index contributed by atoms with van der Waals surface area (Å²) in [7, 11) is 0. The van der Waals surface area contributed by atoms with E-state index in [9.17, 15) is 13.6 Å². The minimum atomic E-state index is -2.67. The molecule has 1 amide bonds. The lowest BCUT2D eigenvalue weighted by Crippen LogP contribution is -2.44. The van der Waals surface area contributed by atoms with E-state index in [4.69, 9.17) is 5.26 Å². The molecule has 1 aliphatic heterocycles. The molecule has 1 aliphatic carbocycles. The maximum Gasteiger partial charge on any atom is 0.333 e. The van der Waals surface area contributed by atoms with Gasteiger partial charge in [-0.25, -0.2) is 15.1 Å². The van der Waals surface area contributed by atoms with Crippen LogP contribution in [0.1, 0.15) is 64.7 Å². The van der Waals surface area contributed by atoms with E-state index in [1.807, 2.05) is 0 Å². The normalized spacial score (nSPS) is 25.7. The second-order valence-corrected chi connectivity index (χ2v) is 7.90. The number of pyridine rings is 1. The number of hydrogen-bond acceptors (Lipinski definition) is 6. The number of amides is 1. The summed E-state index contributed by atoms with van der Waals surface area (Å²) in [5.74, 6) is -0.150. The van der Waals surface area contributed by atoms with Crippen LogP contribution in [-0.4, -0.2) is 32.8 Å². The highest BCUT2D eigenvalue weighted by molar-refractivity contribution is 5.94. The highest BCUT2D eigenvalue weighted by Crippen LogP contribution is 2.37. The number of fused-ring (bicyclic) bond motifs is 1. The summed E-state index contributed by atoms with van der Waals surface area (Å²) in [4.78, 5) is 17.0. The van der Waals surface area contributed by atoms with Crippen molar-refractivity contribution in [3.05, 3.63) is 46.5 Å². The quantitative estimate of drug-likeness (QED) is 0.707. The van der Waals surface area contributed by atoms with Gasteiger partial charge in [0.05, 0.1) is 17.3 Å². The molecular formula is C20H23F2N7O. The molecule has 0 spiro atoms. The van der Waals surface area contributed by atoms with Crippen LogP contribution in [0.4, 0.5) is 8.78 Å². The van der Waals surface area contributed by atoms with Crippen LogP contribution in [0.25, 0.3) is 0 Å². The summed E-state index contributed by atoms with van der Waals surface area (Å²) < 4.78 is 26.4. The van der Waals surface area contributed by atoms with Crippen molar-refractivity contribution in [2.45, 2.75) is 57.8 Å². The first-order valence-electron chi connectivity index (χ1n) is 9.90. The number of carbonyl (C=O) groups is 1. The van der Waals surface area contributed by atoms with Crippen molar-refractivity contribution in [3.63, 3.8) is 0 Å². The van der Waals surface area contributed by atoms with Crippen molar-refractivity contribution in [1.29, 1.82) is 5.26 Å². The average Bonchev–Trinajstić information content (AvgIpc) is 3.36. The zero-order valence-corrected chi connectivity index (χ0v) is 16.7. The van der Waals surface area contributed by atoms with Gasteiger partial charge in [-0.3, -0.25) is 10.2 Å². The first-order valence-corrected chi connectivity index (χ1v) is 9.90. The highest BCUT2D eigenvalue weighted by atomic mass is 19.3. The molecule has 1 saturated heterocycles. The highest BCUT2D eigenvalue weighted by Gasteiger charge is 2.42. The fourth-order valence-electron chi connectivity index (χ4n) is 4.41.